The van der Waals surface area contributed by atoms with Crippen molar-refractivity contribution < 1.29 is 9.90 Å². The van der Waals surface area contributed by atoms with Gasteiger partial charge < -0.3 is 15.3 Å². The van der Waals surface area contributed by atoms with Gasteiger partial charge in [-0.3, -0.25) is 14.5 Å². The Labute approximate surface area is 241 Å². The highest BCUT2D eigenvalue weighted by molar-refractivity contribution is 7.97. The molecule has 4 bridgehead atoms. The van der Waals surface area contributed by atoms with Crippen molar-refractivity contribution in [2.75, 3.05) is 16.8 Å². The normalized spacial score (nSPS) is 22.9. The van der Waals surface area contributed by atoms with E-state index >= 15 is 0 Å². The summed E-state index contributed by atoms with van der Waals surface area (Å²) in [6.45, 7) is 14.1. The molecule has 0 aromatic carbocycles. The van der Waals surface area contributed by atoms with Crippen LogP contribution >= 0.6 is 11.9 Å². The van der Waals surface area contributed by atoms with Gasteiger partial charge in [-0.05, 0) is 74.4 Å². The van der Waals surface area contributed by atoms with Crippen LogP contribution in [0.2, 0.25) is 0 Å². The van der Waals surface area contributed by atoms with Gasteiger partial charge in [0.1, 0.15) is 16.7 Å². The maximum absolute atomic E-state index is 13.6. The molecule has 0 radical (unpaired) electrons. The van der Waals surface area contributed by atoms with E-state index in [4.69, 9.17) is 15.0 Å². The van der Waals surface area contributed by atoms with E-state index in [1.54, 1.807) is 6.20 Å². The minimum Gasteiger partial charge on any atom is -0.392 e. The zero-order valence-corrected chi connectivity index (χ0v) is 25.0. The second-order valence-electron chi connectivity index (χ2n) is 12.8. The number of aromatic nitrogens is 3. The molecule has 40 heavy (non-hydrogen) atoms. The van der Waals surface area contributed by atoms with E-state index in [1.807, 2.05) is 42.5 Å². The SMILES string of the molecule is CC1CC(c2ccc(CO)cn2)Nc2cccc(n2)SNC(=O)c2ccc(C(C)(C)C)nc2N2CC1CC2(C)C. The van der Waals surface area contributed by atoms with Gasteiger partial charge in [0.25, 0.3) is 5.91 Å². The average Bonchev–Trinajstić information content (AvgIpc) is 3.25. The molecule has 8 nitrogen and oxygen atoms in total. The zero-order chi connectivity index (χ0) is 28.7. The molecule has 1 fully saturated rings. The third kappa shape index (κ3) is 5.95. The van der Waals surface area contributed by atoms with Crippen molar-refractivity contribution in [1.29, 1.82) is 0 Å². The molecule has 212 valence electrons. The Bertz CT molecular complexity index is 1370. The van der Waals surface area contributed by atoms with Crippen molar-refractivity contribution in [2.24, 2.45) is 11.8 Å². The highest BCUT2D eigenvalue weighted by atomic mass is 32.2. The minimum absolute atomic E-state index is 0.0340. The number of aliphatic hydroxyl groups is 1. The number of carbonyl (C=O) groups excluding carboxylic acids is 1. The van der Waals surface area contributed by atoms with E-state index in [0.717, 1.165) is 48.0 Å². The lowest BCUT2D eigenvalue weighted by atomic mass is 9.83. The second kappa shape index (κ2) is 11.0. The summed E-state index contributed by atoms with van der Waals surface area (Å²) < 4.78 is 3.01. The third-order valence-corrected chi connectivity index (χ3v) is 8.87. The lowest BCUT2D eigenvalue weighted by Crippen LogP contribution is -2.40. The molecule has 0 aliphatic carbocycles. The fourth-order valence-corrected chi connectivity index (χ4v) is 6.34. The molecule has 1 amide bonds. The summed E-state index contributed by atoms with van der Waals surface area (Å²) in [4.78, 5) is 30.5. The average molecular weight is 561 g/mol. The number of anilines is 2. The van der Waals surface area contributed by atoms with Crippen LogP contribution in [0.4, 0.5) is 11.6 Å². The predicted octanol–water partition coefficient (Wildman–Crippen LogP) is 5.90. The number of fused-ring (bicyclic) bond motifs is 6. The van der Waals surface area contributed by atoms with E-state index < -0.39 is 0 Å². The van der Waals surface area contributed by atoms with Crippen molar-refractivity contribution in [2.45, 2.75) is 83.0 Å². The second-order valence-corrected chi connectivity index (χ2v) is 13.6. The first kappa shape index (κ1) is 28.4. The highest BCUT2D eigenvalue weighted by Gasteiger charge is 2.43. The number of nitrogens with one attached hydrogen (secondary N) is 2. The molecule has 3 atom stereocenters. The Morgan fingerprint density at radius 1 is 1.12 bits per heavy atom. The van der Waals surface area contributed by atoms with Crippen molar-refractivity contribution in [3.63, 3.8) is 0 Å². The molecule has 3 N–H and O–H groups in total. The van der Waals surface area contributed by atoms with Gasteiger partial charge in [-0.25, -0.2) is 9.97 Å². The van der Waals surface area contributed by atoms with Crippen LogP contribution in [0.1, 0.15) is 87.7 Å². The molecule has 3 unspecified atom stereocenters. The smallest absolute Gasteiger partial charge is 0.265 e. The van der Waals surface area contributed by atoms with Crippen LogP contribution < -0.4 is 14.9 Å². The molecule has 1 saturated heterocycles. The minimum atomic E-state index is -0.179. The van der Waals surface area contributed by atoms with E-state index in [0.29, 0.717) is 22.4 Å². The molecular weight excluding hydrogens is 520 g/mol. The van der Waals surface area contributed by atoms with Crippen molar-refractivity contribution >= 4 is 29.5 Å². The number of carbonyl (C=O) groups is 1. The molecule has 2 aliphatic heterocycles. The molecule has 3 aromatic rings. The monoisotopic (exact) mass is 560 g/mol. The van der Waals surface area contributed by atoms with Crippen molar-refractivity contribution in [3.05, 3.63) is 71.2 Å². The summed E-state index contributed by atoms with van der Waals surface area (Å²) in [7, 11) is 0. The molecular formula is C31H40N6O2S. The molecule has 9 heteroatoms. The van der Waals surface area contributed by atoms with Crippen LogP contribution in [-0.4, -0.2) is 38.0 Å². The van der Waals surface area contributed by atoms with Gasteiger partial charge in [0, 0.05) is 41.3 Å². The number of amides is 1. The summed E-state index contributed by atoms with van der Waals surface area (Å²) in [6.07, 6.45) is 3.59. The van der Waals surface area contributed by atoms with Crippen LogP contribution in [0.3, 0.4) is 0 Å². The largest absolute Gasteiger partial charge is 0.392 e. The summed E-state index contributed by atoms with van der Waals surface area (Å²) >= 11 is 1.20. The topological polar surface area (TPSA) is 103 Å². The Morgan fingerprint density at radius 3 is 2.62 bits per heavy atom. The molecule has 5 heterocycles. The number of hydrogen-bond acceptors (Lipinski definition) is 8. The third-order valence-electron chi connectivity index (χ3n) is 8.15. The van der Waals surface area contributed by atoms with Crippen molar-refractivity contribution in [1.82, 2.24) is 19.7 Å². The first-order valence-electron chi connectivity index (χ1n) is 14.0. The van der Waals surface area contributed by atoms with E-state index in [2.05, 4.69) is 56.5 Å². The summed E-state index contributed by atoms with van der Waals surface area (Å²) in [5.74, 6) is 2.04. The number of aliphatic hydroxyl groups excluding tert-OH is 1. The summed E-state index contributed by atoms with van der Waals surface area (Å²) in [5.41, 5.74) is 2.94. The van der Waals surface area contributed by atoms with Crippen LogP contribution in [0.5, 0.6) is 0 Å². The lowest BCUT2D eigenvalue weighted by Gasteiger charge is -2.34. The fourth-order valence-electron chi connectivity index (χ4n) is 5.74. The first-order chi connectivity index (χ1) is 18.9. The standard InChI is InChI=1S/C31H40N6O2S/c1-19-14-24(23-12-10-20(18-38)16-32-23)33-26-8-7-9-27(35-26)40-36-29(39)22-11-13-25(30(2,3)4)34-28(22)37-17-21(19)15-31(37,5)6/h7-13,16,19,21,24,38H,14-15,17-18H2,1-6H3,(H,33,35)(H,36,39). The van der Waals surface area contributed by atoms with Crippen LogP contribution in [0.15, 0.2) is 53.7 Å². The van der Waals surface area contributed by atoms with Crippen molar-refractivity contribution in [3.8, 4) is 0 Å². The Balaban J connectivity index is 1.57. The Hall–Kier alpha value is -3.17. The van der Waals surface area contributed by atoms with E-state index in [9.17, 15) is 9.90 Å². The summed E-state index contributed by atoms with van der Waals surface area (Å²) in [5, 5.41) is 13.8. The van der Waals surface area contributed by atoms with Gasteiger partial charge in [0.15, 0.2) is 0 Å². The van der Waals surface area contributed by atoms with Gasteiger partial charge in [0.2, 0.25) is 0 Å². The van der Waals surface area contributed by atoms with Gasteiger partial charge >= 0.3 is 0 Å². The van der Waals surface area contributed by atoms with Crippen LogP contribution in [0, 0.1) is 11.8 Å². The number of hydrogen-bond donors (Lipinski definition) is 3. The fraction of sp³-hybridized carbons (Fsp3) is 0.484. The zero-order valence-electron chi connectivity index (χ0n) is 24.2. The highest BCUT2D eigenvalue weighted by Crippen LogP contribution is 2.43. The number of nitrogens with zero attached hydrogens (tertiary/aromatic N) is 4. The predicted molar refractivity (Wildman–Crippen MR) is 160 cm³/mol. The van der Waals surface area contributed by atoms with Crippen LogP contribution in [0.25, 0.3) is 0 Å². The van der Waals surface area contributed by atoms with Gasteiger partial charge in [-0.2, -0.15) is 0 Å². The molecule has 5 rings (SSSR count). The molecule has 3 aromatic heterocycles. The first-order valence-corrected chi connectivity index (χ1v) is 14.8. The van der Waals surface area contributed by atoms with Crippen LogP contribution in [-0.2, 0) is 12.0 Å². The Morgan fingerprint density at radius 2 is 1.93 bits per heavy atom. The van der Waals surface area contributed by atoms with E-state index in [-0.39, 0.29) is 29.5 Å². The number of pyridine rings is 3. The maximum Gasteiger partial charge on any atom is 0.265 e. The quantitative estimate of drug-likeness (QED) is 0.333. The molecule has 0 saturated carbocycles. The lowest BCUT2D eigenvalue weighted by molar-refractivity contribution is 0.0984. The number of rotatable bonds is 2. The summed E-state index contributed by atoms with van der Waals surface area (Å²) in [6, 6.07) is 13.5. The van der Waals surface area contributed by atoms with Gasteiger partial charge in [-0.15, -0.1) is 0 Å². The maximum atomic E-state index is 13.6. The van der Waals surface area contributed by atoms with Gasteiger partial charge in [0.05, 0.1) is 23.9 Å². The Kier molecular flexibility index (Phi) is 7.81. The van der Waals surface area contributed by atoms with Gasteiger partial charge in [-0.1, -0.05) is 39.8 Å². The van der Waals surface area contributed by atoms with E-state index in [1.165, 1.54) is 11.9 Å². The molecule has 0 spiro atoms. The molecule has 2 aliphatic rings.